The molecule has 25 heavy (non-hydrogen) atoms. The fourth-order valence-electron chi connectivity index (χ4n) is 2.77. The van der Waals surface area contributed by atoms with Gasteiger partial charge in [0.15, 0.2) is 11.2 Å². The fraction of sp³-hybridized carbons (Fsp3) is 0.118. The van der Waals surface area contributed by atoms with E-state index in [0.29, 0.717) is 27.2 Å². The third-order valence-electron chi connectivity index (χ3n) is 3.91. The van der Waals surface area contributed by atoms with Crippen LogP contribution in [0.3, 0.4) is 0 Å². The highest BCUT2D eigenvalue weighted by Crippen LogP contribution is 2.19. The van der Waals surface area contributed by atoms with Crippen LogP contribution in [-0.2, 0) is 6.54 Å². The van der Waals surface area contributed by atoms with Gasteiger partial charge in [0.25, 0.3) is 0 Å². The van der Waals surface area contributed by atoms with Crippen LogP contribution in [0, 0.1) is 0 Å². The summed E-state index contributed by atoms with van der Waals surface area (Å²) in [6.45, 7) is 0.0677. The Bertz CT molecular complexity index is 1230. The standard InChI is InChI=1S/C17H11ClN2O5/c18-10-5-6-11-14(9-10)25-16(22)19(11)8-7-15(21)20-12-3-1-2-4-13(12)24-17(20)23/h1-6,9H,7-8H2. The molecule has 0 aliphatic carbocycles. The molecule has 0 unspecified atom stereocenters. The largest absolute Gasteiger partial charge is 0.426 e. The molecule has 0 aliphatic rings. The van der Waals surface area contributed by atoms with Gasteiger partial charge < -0.3 is 8.83 Å². The number of aromatic nitrogens is 2. The molecule has 0 aliphatic heterocycles. The molecule has 0 radical (unpaired) electrons. The van der Waals surface area contributed by atoms with Crippen molar-refractivity contribution in [2.24, 2.45) is 0 Å². The summed E-state index contributed by atoms with van der Waals surface area (Å²) in [6.07, 6.45) is -0.0688. The first-order valence-electron chi connectivity index (χ1n) is 7.47. The van der Waals surface area contributed by atoms with E-state index < -0.39 is 17.4 Å². The van der Waals surface area contributed by atoms with Crippen molar-refractivity contribution in [1.29, 1.82) is 0 Å². The number of hydrogen-bond donors (Lipinski definition) is 0. The number of para-hydroxylation sites is 2. The van der Waals surface area contributed by atoms with Gasteiger partial charge in [-0.25, -0.2) is 14.2 Å². The van der Waals surface area contributed by atoms with Crippen LogP contribution in [0.5, 0.6) is 0 Å². The zero-order valence-electron chi connectivity index (χ0n) is 12.8. The molecule has 0 saturated carbocycles. The summed E-state index contributed by atoms with van der Waals surface area (Å²) in [5.41, 5.74) is 1.61. The topological polar surface area (TPSA) is 87.4 Å². The Balaban J connectivity index is 1.66. The van der Waals surface area contributed by atoms with Gasteiger partial charge in [0.1, 0.15) is 0 Å². The minimum atomic E-state index is -0.748. The Morgan fingerprint density at radius 3 is 2.56 bits per heavy atom. The van der Waals surface area contributed by atoms with Crippen LogP contribution in [0.1, 0.15) is 11.2 Å². The summed E-state index contributed by atoms with van der Waals surface area (Å²) < 4.78 is 12.5. The van der Waals surface area contributed by atoms with Crippen LogP contribution in [0.2, 0.25) is 5.02 Å². The molecule has 4 aromatic rings. The van der Waals surface area contributed by atoms with E-state index in [1.54, 1.807) is 36.4 Å². The maximum atomic E-state index is 12.5. The number of fused-ring (bicyclic) bond motifs is 2. The first-order valence-corrected chi connectivity index (χ1v) is 7.85. The Labute approximate surface area is 144 Å². The van der Waals surface area contributed by atoms with Crippen molar-refractivity contribution in [3.8, 4) is 0 Å². The van der Waals surface area contributed by atoms with E-state index in [1.165, 1.54) is 10.6 Å². The molecule has 2 aromatic carbocycles. The van der Waals surface area contributed by atoms with E-state index in [-0.39, 0.29) is 13.0 Å². The monoisotopic (exact) mass is 358 g/mol. The number of nitrogens with zero attached hydrogens (tertiary/aromatic N) is 2. The SMILES string of the molecule is O=C(CCn1c(=O)oc2cc(Cl)ccc21)n1c(=O)oc2ccccc21. The fourth-order valence-corrected chi connectivity index (χ4v) is 2.94. The minimum absolute atomic E-state index is 0.0677. The van der Waals surface area contributed by atoms with Crippen LogP contribution in [0.15, 0.2) is 60.9 Å². The van der Waals surface area contributed by atoms with Gasteiger partial charge in [0.2, 0.25) is 5.91 Å². The lowest BCUT2D eigenvalue weighted by Gasteiger charge is -2.03. The first-order chi connectivity index (χ1) is 12.0. The van der Waals surface area contributed by atoms with Crippen LogP contribution in [0.4, 0.5) is 0 Å². The predicted molar refractivity (Wildman–Crippen MR) is 91.2 cm³/mol. The van der Waals surface area contributed by atoms with Crippen molar-refractivity contribution in [2.45, 2.75) is 13.0 Å². The van der Waals surface area contributed by atoms with E-state index in [1.807, 2.05) is 0 Å². The lowest BCUT2D eigenvalue weighted by Crippen LogP contribution is -2.25. The Kier molecular flexibility index (Phi) is 3.58. The van der Waals surface area contributed by atoms with E-state index in [2.05, 4.69) is 0 Å². The molecule has 2 aromatic heterocycles. The highest BCUT2D eigenvalue weighted by molar-refractivity contribution is 6.31. The second-order valence-corrected chi connectivity index (χ2v) is 5.88. The molecule has 7 nitrogen and oxygen atoms in total. The van der Waals surface area contributed by atoms with E-state index in [9.17, 15) is 14.4 Å². The molecule has 0 N–H and O–H groups in total. The van der Waals surface area contributed by atoms with Gasteiger partial charge in [-0.05, 0) is 24.3 Å². The molecule has 0 fully saturated rings. The third-order valence-corrected chi connectivity index (χ3v) is 4.15. The number of oxazole rings is 2. The third kappa shape index (κ3) is 2.58. The first kappa shape index (κ1) is 15.5. The van der Waals surface area contributed by atoms with Crippen molar-refractivity contribution >= 4 is 39.7 Å². The number of aryl methyl sites for hydroxylation is 1. The molecule has 0 atom stereocenters. The average molecular weight is 359 g/mol. The van der Waals surface area contributed by atoms with Gasteiger partial charge in [0.05, 0.1) is 11.0 Å². The van der Waals surface area contributed by atoms with Crippen molar-refractivity contribution in [2.75, 3.05) is 0 Å². The molecule has 126 valence electrons. The second kappa shape index (κ2) is 5.78. The zero-order chi connectivity index (χ0) is 17.6. The summed E-state index contributed by atoms with van der Waals surface area (Å²) in [6, 6.07) is 11.5. The molecule has 0 spiro atoms. The summed E-state index contributed by atoms with van der Waals surface area (Å²) in [7, 11) is 0. The lowest BCUT2D eigenvalue weighted by atomic mass is 10.3. The summed E-state index contributed by atoms with van der Waals surface area (Å²) >= 11 is 5.87. The highest BCUT2D eigenvalue weighted by atomic mass is 35.5. The number of carbonyl (C=O) groups is 1. The molecular weight excluding hydrogens is 348 g/mol. The van der Waals surface area contributed by atoms with Crippen molar-refractivity contribution in [1.82, 2.24) is 9.13 Å². The summed E-state index contributed by atoms with van der Waals surface area (Å²) in [4.78, 5) is 36.4. The van der Waals surface area contributed by atoms with Gasteiger partial charge in [-0.1, -0.05) is 23.7 Å². The molecule has 0 saturated heterocycles. The van der Waals surface area contributed by atoms with E-state index in [4.69, 9.17) is 20.4 Å². The van der Waals surface area contributed by atoms with Crippen molar-refractivity contribution in [3.05, 3.63) is 68.6 Å². The molecule has 8 heteroatoms. The Morgan fingerprint density at radius 2 is 1.72 bits per heavy atom. The van der Waals surface area contributed by atoms with Crippen molar-refractivity contribution < 1.29 is 13.6 Å². The predicted octanol–water partition coefficient (Wildman–Crippen LogP) is 2.89. The molecule has 4 rings (SSSR count). The smallest absolute Gasteiger partial charge is 0.408 e. The maximum absolute atomic E-state index is 12.5. The van der Waals surface area contributed by atoms with E-state index in [0.717, 1.165) is 4.57 Å². The number of hydrogen-bond acceptors (Lipinski definition) is 5. The molecule has 2 heterocycles. The maximum Gasteiger partial charge on any atom is 0.426 e. The Hall–Kier alpha value is -3.06. The quantitative estimate of drug-likeness (QED) is 0.562. The summed E-state index contributed by atoms with van der Waals surface area (Å²) in [5.74, 6) is -1.80. The van der Waals surface area contributed by atoms with Gasteiger partial charge >= 0.3 is 11.5 Å². The average Bonchev–Trinajstić information content (AvgIpc) is 3.07. The normalized spacial score (nSPS) is 11.4. The number of rotatable bonds is 3. The van der Waals surface area contributed by atoms with Crippen LogP contribution < -0.4 is 11.5 Å². The summed E-state index contributed by atoms with van der Waals surface area (Å²) in [5, 5.41) is 0.445. The highest BCUT2D eigenvalue weighted by Gasteiger charge is 2.17. The van der Waals surface area contributed by atoms with Crippen LogP contribution >= 0.6 is 11.6 Å². The second-order valence-electron chi connectivity index (χ2n) is 5.45. The van der Waals surface area contributed by atoms with Crippen molar-refractivity contribution in [3.63, 3.8) is 0 Å². The van der Waals surface area contributed by atoms with Gasteiger partial charge in [-0.2, -0.15) is 0 Å². The van der Waals surface area contributed by atoms with Gasteiger partial charge in [-0.3, -0.25) is 9.36 Å². The molecular formula is C17H11ClN2O5. The molecule has 0 amide bonds. The number of carbonyl (C=O) groups excluding carboxylic acids is 1. The lowest BCUT2D eigenvalue weighted by molar-refractivity contribution is 0.0893. The zero-order valence-corrected chi connectivity index (χ0v) is 13.5. The van der Waals surface area contributed by atoms with Gasteiger partial charge in [0, 0.05) is 24.1 Å². The molecule has 0 bridgehead atoms. The number of halogens is 1. The van der Waals surface area contributed by atoms with Crippen LogP contribution in [-0.4, -0.2) is 15.0 Å². The Morgan fingerprint density at radius 1 is 0.960 bits per heavy atom. The minimum Gasteiger partial charge on any atom is -0.408 e. The number of benzene rings is 2. The van der Waals surface area contributed by atoms with E-state index >= 15 is 0 Å². The van der Waals surface area contributed by atoms with Crippen LogP contribution in [0.25, 0.3) is 22.2 Å². The van der Waals surface area contributed by atoms with Gasteiger partial charge in [-0.15, -0.1) is 0 Å².